The zero-order valence-electron chi connectivity index (χ0n) is 15.1. The molecule has 0 aromatic heterocycles. The van der Waals surface area contributed by atoms with Crippen LogP contribution in [0.15, 0.2) is 35.3 Å². The first-order valence-electron chi connectivity index (χ1n) is 8.78. The second-order valence-corrected chi connectivity index (χ2v) is 6.40. The van der Waals surface area contributed by atoms with Crippen LogP contribution in [0.4, 0.5) is 0 Å². The van der Waals surface area contributed by atoms with E-state index in [1.54, 1.807) is 0 Å². The molecule has 0 saturated heterocycles. The standard InChI is InChI=1S/C17H25BN5O4/c19-16(20)21-10-4-7-13(27-18-26)23-15(25)17(8-9-17)14(24)22-11-12-5-2-1-3-6-12/h1-3,5-6,13,26H,4,7-11H2,(H,22,24)(H,23,25)(H4,19,20,21)/t13-/m1/s1. The molecule has 7 N–H and O–H groups in total. The number of amides is 2. The van der Waals surface area contributed by atoms with Gasteiger partial charge in [0.1, 0.15) is 11.6 Å². The monoisotopic (exact) mass is 374 g/mol. The zero-order chi connectivity index (χ0) is 19.7. The van der Waals surface area contributed by atoms with Gasteiger partial charge in [0.2, 0.25) is 11.8 Å². The van der Waals surface area contributed by atoms with E-state index in [0.717, 1.165) is 5.56 Å². The van der Waals surface area contributed by atoms with E-state index in [1.165, 1.54) is 0 Å². The van der Waals surface area contributed by atoms with Gasteiger partial charge in [-0.3, -0.25) is 14.6 Å². The maximum atomic E-state index is 12.6. The van der Waals surface area contributed by atoms with E-state index in [0.29, 0.717) is 46.5 Å². The lowest BCUT2D eigenvalue weighted by Gasteiger charge is -2.22. The molecule has 1 radical (unpaired) electrons. The fraction of sp³-hybridized carbons (Fsp3) is 0.471. The number of hydrogen-bond donors (Lipinski definition) is 5. The Kier molecular flexibility index (Phi) is 7.62. The van der Waals surface area contributed by atoms with Gasteiger partial charge in [0.25, 0.3) is 0 Å². The van der Waals surface area contributed by atoms with Crippen LogP contribution in [-0.2, 0) is 20.8 Å². The molecule has 1 fully saturated rings. The van der Waals surface area contributed by atoms with Gasteiger partial charge in [0.05, 0.1) is 0 Å². The molecule has 0 aliphatic heterocycles. The lowest BCUT2D eigenvalue weighted by Crippen LogP contribution is -2.47. The predicted molar refractivity (Wildman–Crippen MR) is 101 cm³/mol. The van der Waals surface area contributed by atoms with Gasteiger partial charge in [-0.1, -0.05) is 30.3 Å². The normalized spacial score (nSPS) is 15.3. The number of rotatable bonds is 11. The van der Waals surface area contributed by atoms with Crippen molar-refractivity contribution in [3.8, 4) is 0 Å². The van der Waals surface area contributed by atoms with Gasteiger partial charge in [-0.05, 0) is 31.2 Å². The average Bonchev–Trinajstić information content (AvgIpc) is 3.46. The molecular weight excluding hydrogens is 349 g/mol. The number of aliphatic imine (C=N–C) groups is 1. The summed E-state index contributed by atoms with van der Waals surface area (Å²) in [6, 6.07) is 9.47. The predicted octanol–water partition coefficient (Wildman–Crippen LogP) is -0.878. The topological polar surface area (TPSA) is 152 Å². The van der Waals surface area contributed by atoms with E-state index >= 15 is 0 Å². The molecule has 145 valence electrons. The third kappa shape index (κ3) is 6.26. The number of guanidine groups is 1. The van der Waals surface area contributed by atoms with Crippen molar-refractivity contribution in [2.45, 2.75) is 38.5 Å². The van der Waals surface area contributed by atoms with Crippen LogP contribution in [0.2, 0.25) is 0 Å². The Morgan fingerprint density at radius 2 is 1.96 bits per heavy atom. The summed E-state index contributed by atoms with van der Waals surface area (Å²) < 4.78 is 5.01. The number of nitrogens with one attached hydrogen (secondary N) is 2. The zero-order valence-corrected chi connectivity index (χ0v) is 15.1. The summed E-state index contributed by atoms with van der Waals surface area (Å²) in [5.74, 6) is -0.741. The molecule has 10 heteroatoms. The number of benzene rings is 1. The minimum absolute atomic E-state index is 0.0164. The van der Waals surface area contributed by atoms with E-state index in [2.05, 4.69) is 15.6 Å². The molecule has 9 nitrogen and oxygen atoms in total. The molecule has 1 saturated carbocycles. The number of carbonyl (C=O) groups excluding carboxylic acids is 2. The molecule has 1 aromatic rings. The fourth-order valence-corrected chi connectivity index (χ4v) is 2.65. The van der Waals surface area contributed by atoms with Crippen LogP contribution in [0.5, 0.6) is 0 Å². The Morgan fingerprint density at radius 1 is 1.26 bits per heavy atom. The summed E-state index contributed by atoms with van der Waals surface area (Å²) in [6.45, 7) is 0.726. The highest BCUT2D eigenvalue weighted by Crippen LogP contribution is 2.46. The molecule has 1 aliphatic carbocycles. The number of nitrogens with two attached hydrogens (primary N) is 2. The third-order valence-electron chi connectivity index (χ3n) is 4.35. The number of hydrogen-bond acceptors (Lipinski definition) is 5. The Bertz CT molecular complexity index is 663. The largest absolute Gasteiger partial charge is 0.486 e. The van der Waals surface area contributed by atoms with E-state index < -0.39 is 17.6 Å². The SMILES string of the molecule is NC(N)=NCCC[C@H](NC(=O)C1(C(=O)NCc2ccccc2)CC1)O[B]O. The van der Waals surface area contributed by atoms with Crippen molar-refractivity contribution >= 4 is 25.5 Å². The van der Waals surface area contributed by atoms with E-state index in [9.17, 15) is 9.59 Å². The van der Waals surface area contributed by atoms with E-state index in [4.69, 9.17) is 21.1 Å². The highest BCUT2D eigenvalue weighted by atomic mass is 16.5. The van der Waals surface area contributed by atoms with Crippen molar-refractivity contribution in [2.24, 2.45) is 21.9 Å². The van der Waals surface area contributed by atoms with Crippen LogP contribution < -0.4 is 22.1 Å². The summed E-state index contributed by atoms with van der Waals surface area (Å²) in [7, 11) is 0.514. The van der Waals surface area contributed by atoms with Crippen LogP contribution in [0.1, 0.15) is 31.2 Å². The van der Waals surface area contributed by atoms with Gasteiger partial charge in [0.15, 0.2) is 5.96 Å². The highest BCUT2D eigenvalue weighted by molar-refractivity contribution is 6.16. The van der Waals surface area contributed by atoms with Crippen molar-refractivity contribution in [3.63, 3.8) is 0 Å². The van der Waals surface area contributed by atoms with Crippen LogP contribution in [0.3, 0.4) is 0 Å². The molecule has 0 unspecified atom stereocenters. The molecule has 1 aliphatic rings. The van der Waals surface area contributed by atoms with Crippen molar-refractivity contribution in [2.75, 3.05) is 6.54 Å². The Labute approximate surface area is 158 Å². The van der Waals surface area contributed by atoms with Crippen LogP contribution in [0.25, 0.3) is 0 Å². The summed E-state index contributed by atoms with van der Waals surface area (Å²) in [5.41, 5.74) is 10.4. The summed E-state index contributed by atoms with van der Waals surface area (Å²) in [5, 5.41) is 14.4. The Balaban J connectivity index is 1.85. The van der Waals surface area contributed by atoms with Crippen molar-refractivity contribution in [3.05, 3.63) is 35.9 Å². The van der Waals surface area contributed by atoms with Crippen molar-refractivity contribution < 1.29 is 19.3 Å². The molecular formula is C17H25BN5O4. The molecule has 0 spiro atoms. The van der Waals surface area contributed by atoms with Gasteiger partial charge < -0.3 is 31.8 Å². The second-order valence-electron chi connectivity index (χ2n) is 6.40. The van der Waals surface area contributed by atoms with Crippen molar-refractivity contribution in [1.82, 2.24) is 10.6 Å². The van der Waals surface area contributed by atoms with Gasteiger partial charge >= 0.3 is 7.69 Å². The number of carbonyl (C=O) groups is 2. The lowest BCUT2D eigenvalue weighted by molar-refractivity contribution is -0.138. The van der Waals surface area contributed by atoms with Gasteiger partial charge in [-0.2, -0.15) is 0 Å². The average molecular weight is 374 g/mol. The molecule has 2 rings (SSSR count). The van der Waals surface area contributed by atoms with Gasteiger partial charge in [-0.15, -0.1) is 0 Å². The van der Waals surface area contributed by atoms with Crippen LogP contribution in [-0.4, -0.2) is 43.3 Å². The molecule has 2 amide bonds. The minimum atomic E-state index is -1.08. The first kappa shape index (κ1) is 20.7. The minimum Gasteiger partial charge on any atom is -0.429 e. The maximum absolute atomic E-state index is 12.6. The summed E-state index contributed by atoms with van der Waals surface area (Å²) in [6.07, 6.45) is 1.09. The summed E-state index contributed by atoms with van der Waals surface area (Å²) in [4.78, 5) is 28.9. The van der Waals surface area contributed by atoms with E-state index in [1.807, 2.05) is 30.3 Å². The maximum Gasteiger partial charge on any atom is 0.486 e. The Morgan fingerprint density at radius 3 is 2.56 bits per heavy atom. The van der Waals surface area contributed by atoms with Crippen LogP contribution >= 0.6 is 0 Å². The molecule has 0 bridgehead atoms. The fourth-order valence-electron chi connectivity index (χ4n) is 2.65. The first-order valence-corrected chi connectivity index (χ1v) is 8.78. The van der Waals surface area contributed by atoms with E-state index in [-0.39, 0.29) is 11.9 Å². The summed E-state index contributed by atoms with van der Waals surface area (Å²) >= 11 is 0. The van der Waals surface area contributed by atoms with Gasteiger partial charge in [0, 0.05) is 13.1 Å². The molecule has 1 atom stereocenters. The molecule has 1 aromatic carbocycles. The molecule has 0 heterocycles. The Hall–Kier alpha value is -2.59. The third-order valence-corrected chi connectivity index (χ3v) is 4.35. The molecule has 27 heavy (non-hydrogen) atoms. The van der Waals surface area contributed by atoms with Crippen LogP contribution in [0, 0.1) is 5.41 Å². The van der Waals surface area contributed by atoms with Gasteiger partial charge in [-0.25, -0.2) is 0 Å². The smallest absolute Gasteiger partial charge is 0.429 e. The number of nitrogens with zero attached hydrogens (tertiary/aromatic N) is 1. The second kappa shape index (κ2) is 9.93. The first-order chi connectivity index (χ1) is 13.0. The lowest BCUT2D eigenvalue weighted by atomic mass is 10.0. The quantitative estimate of drug-likeness (QED) is 0.0847. The van der Waals surface area contributed by atoms with Crippen molar-refractivity contribution in [1.29, 1.82) is 0 Å². The highest BCUT2D eigenvalue weighted by Gasteiger charge is 2.56.